The van der Waals surface area contributed by atoms with E-state index in [9.17, 15) is 0 Å². The van der Waals surface area contributed by atoms with Crippen LogP contribution < -0.4 is 10.2 Å². The molecule has 0 spiro atoms. The number of nitrogens with one attached hydrogen (secondary N) is 1. The standard InChI is InChI=1S/C18H20N2/c1-2-5-15-13-17-16(12-14(15)4-1)6-3-7-18(17)20-10-8-19-9-11-20/h1-7,19H,8-13H2. The lowest BCUT2D eigenvalue weighted by Gasteiger charge is -2.33. The second-order valence-electron chi connectivity index (χ2n) is 5.77. The van der Waals surface area contributed by atoms with Crippen LogP contribution in [0, 0.1) is 0 Å². The van der Waals surface area contributed by atoms with Crippen LogP contribution in [-0.2, 0) is 12.8 Å². The first-order chi connectivity index (χ1) is 9.92. The zero-order chi connectivity index (χ0) is 13.4. The molecule has 1 N–H and O–H groups in total. The Morgan fingerprint density at radius 2 is 1.45 bits per heavy atom. The summed E-state index contributed by atoms with van der Waals surface area (Å²) in [6.45, 7) is 4.44. The monoisotopic (exact) mass is 264 g/mol. The first kappa shape index (κ1) is 12.0. The molecule has 2 aromatic rings. The van der Waals surface area contributed by atoms with Crippen molar-refractivity contribution >= 4 is 5.69 Å². The maximum atomic E-state index is 3.44. The summed E-state index contributed by atoms with van der Waals surface area (Å²) >= 11 is 0. The van der Waals surface area contributed by atoms with Gasteiger partial charge in [-0.1, -0.05) is 36.4 Å². The Hall–Kier alpha value is -1.80. The summed E-state index contributed by atoms with van der Waals surface area (Å²) in [6.07, 6.45) is 2.18. The van der Waals surface area contributed by atoms with Gasteiger partial charge in [0.05, 0.1) is 0 Å². The molecule has 4 rings (SSSR count). The molecular weight excluding hydrogens is 244 g/mol. The van der Waals surface area contributed by atoms with Crippen LogP contribution in [0.2, 0.25) is 0 Å². The van der Waals surface area contributed by atoms with Crippen molar-refractivity contribution < 1.29 is 0 Å². The number of benzene rings is 2. The van der Waals surface area contributed by atoms with E-state index in [-0.39, 0.29) is 0 Å². The molecule has 2 aliphatic rings. The average Bonchev–Trinajstić information content (AvgIpc) is 2.53. The van der Waals surface area contributed by atoms with E-state index in [1.54, 1.807) is 5.56 Å². The van der Waals surface area contributed by atoms with Gasteiger partial charge in [0.25, 0.3) is 0 Å². The molecule has 2 aromatic carbocycles. The molecule has 0 amide bonds. The number of fused-ring (bicyclic) bond motifs is 2. The van der Waals surface area contributed by atoms with Crippen molar-refractivity contribution in [3.63, 3.8) is 0 Å². The normalized spacial score (nSPS) is 17.5. The van der Waals surface area contributed by atoms with Crippen molar-refractivity contribution in [2.45, 2.75) is 12.8 Å². The van der Waals surface area contributed by atoms with Crippen LogP contribution in [0.15, 0.2) is 42.5 Å². The molecule has 1 heterocycles. The largest absolute Gasteiger partial charge is 0.369 e. The molecule has 0 bridgehead atoms. The molecule has 102 valence electrons. The van der Waals surface area contributed by atoms with Crippen molar-refractivity contribution in [1.82, 2.24) is 5.32 Å². The van der Waals surface area contributed by atoms with Gasteiger partial charge < -0.3 is 10.2 Å². The van der Waals surface area contributed by atoms with Gasteiger partial charge in [-0.3, -0.25) is 0 Å². The lowest BCUT2D eigenvalue weighted by Crippen LogP contribution is -2.44. The third-order valence-electron chi connectivity index (χ3n) is 4.57. The molecule has 0 saturated carbocycles. The molecule has 2 nitrogen and oxygen atoms in total. The molecule has 1 aliphatic carbocycles. The van der Waals surface area contributed by atoms with Crippen LogP contribution >= 0.6 is 0 Å². The maximum Gasteiger partial charge on any atom is 0.0405 e. The summed E-state index contributed by atoms with van der Waals surface area (Å²) in [5, 5.41) is 3.44. The van der Waals surface area contributed by atoms with Crippen LogP contribution in [0.25, 0.3) is 0 Å². The zero-order valence-corrected chi connectivity index (χ0v) is 11.7. The molecule has 2 heteroatoms. The minimum atomic E-state index is 1.09. The molecule has 1 aliphatic heterocycles. The van der Waals surface area contributed by atoms with E-state index in [4.69, 9.17) is 0 Å². The minimum absolute atomic E-state index is 1.09. The predicted octanol–water partition coefficient (Wildman–Crippen LogP) is 2.59. The van der Waals surface area contributed by atoms with Gasteiger partial charge in [0.1, 0.15) is 0 Å². The van der Waals surface area contributed by atoms with Gasteiger partial charge in [-0.15, -0.1) is 0 Å². The highest BCUT2D eigenvalue weighted by molar-refractivity contribution is 5.61. The second kappa shape index (κ2) is 4.95. The highest BCUT2D eigenvalue weighted by atomic mass is 15.2. The van der Waals surface area contributed by atoms with Gasteiger partial charge in [0.15, 0.2) is 0 Å². The number of hydrogen-bond acceptors (Lipinski definition) is 2. The smallest absolute Gasteiger partial charge is 0.0405 e. The van der Waals surface area contributed by atoms with E-state index < -0.39 is 0 Å². The second-order valence-corrected chi connectivity index (χ2v) is 5.77. The van der Waals surface area contributed by atoms with Gasteiger partial charge in [-0.05, 0) is 34.7 Å². The summed E-state index contributed by atoms with van der Waals surface area (Å²) in [7, 11) is 0. The van der Waals surface area contributed by atoms with Gasteiger partial charge >= 0.3 is 0 Å². The average molecular weight is 264 g/mol. The first-order valence-electron chi connectivity index (χ1n) is 7.55. The minimum Gasteiger partial charge on any atom is -0.369 e. The molecule has 0 radical (unpaired) electrons. The molecule has 1 saturated heterocycles. The van der Waals surface area contributed by atoms with Crippen molar-refractivity contribution in [3.05, 3.63) is 64.7 Å². The van der Waals surface area contributed by atoms with Crippen LogP contribution in [0.3, 0.4) is 0 Å². The van der Waals surface area contributed by atoms with Crippen molar-refractivity contribution in [3.8, 4) is 0 Å². The first-order valence-corrected chi connectivity index (χ1v) is 7.55. The topological polar surface area (TPSA) is 15.3 Å². The van der Waals surface area contributed by atoms with Crippen LogP contribution in [0.5, 0.6) is 0 Å². The maximum absolute atomic E-state index is 3.44. The summed E-state index contributed by atoms with van der Waals surface area (Å²) in [5.74, 6) is 0. The number of anilines is 1. The van der Waals surface area contributed by atoms with E-state index in [0.29, 0.717) is 0 Å². The summed E-state index contributed by atoms with van der Waals surface area (Å²) in [5.41, 5.74) is 7.52. The highest BCUT2D eigenvalue weighted by Gasteiger charge is 2.21. The lowest BCUT2D eigenvalue weighted by molar-refractivity contribution is 0.587. The van der Waals surface area contributed by atoms with Crippen LogP contribution in [-0.4, -0.2) is 26.2 Å². The van der Waals surface area contributed by atoms with Crippen LogP contribution in [0.1, 0.15) is 22.3 Å². The molecule has 20 heavy (non-hydrogen) atoms. The third kappa shape index (κ3) is 2.01. The number of piperazine rings is 1. The highest BCUT2D eigenvalue weighted by Crippen LogP contribution is 2.33. The molecular formula is C18H20N2. The van der Waals surface area contributed by atoms with Gasteiger partial charge in [-0.25, -0.2) is 0 Å². The van der Waals surface area contributed by atoms with E-state index in [2.05, 4.69) is 52.7 Å². The van der Waals surface area contributed by atoms with Gasteiger partial charge in [0, 0.05) is 38.3 Å². The van der Waals surface area contributed by atoms with E-state index >= 15 is 0 Å². The molecule has 0 aromatic heterocycles. The SMILES string of the molecule is c1ccc2c(c1)Cc1cccc(N3CCNCC3)c1C2. The van der Waals surface area contributed by atoms with E-state index in [0.717, 1.165) is 39.0 Å². The van der Waals surface area contributed by atoms with Crippen LogP contribution in [0.4, 0.5) is 5.69 Å². The summed E-state index contributed by atoms with van der Waals surface area (Å²) in [4.78, 5) is 2.54. The van der Waals surface area contributed by atoms with E-state index in [1.807, 2.05) is 0 Å². The number of hydrogen-bond donors (Lipinski definition) is 1. The number of nitrogens with zero attached hydrogens (tertiary/aromatic N) is 1. The Kier molecular flexibility index (Phi) is 2.96. The predicted molar refractivity (Wildman–Crippen MR) is 83.6 cm³/mol. The quantitative estimate of drug-likeness (QED) is 0.727. The fraction of sp³-hybridized carbons (Fsp3) is 0.333. The Morgan fingerprint density at radius 3 is 2.25 bits per heavy atom. The molecule has 0 atom stereocenters. The zero-order valence-electron chi connectivity index (χ0n) is 11.7. The number of rotatable bonds is 1. The van der Waals surface area contributed by atoms with Gasteiger partial charge in [0.2, 0.25) is 0 Å². The van der Waals surface area contributed by atoms with Crippen molar-refractivity contribution in [2.75, 3.05) is 31.1 Å². The summed E-state index contributed by atoms with van der Waals surface area (Å²) < 4.78 is 0. The summed E-state index contributed by atoms with van der Waals surface area (Å²) in [6, 6.07) is 15.7. The Morgan fingerprint density at radius 1 is 0.750 bits per heavy atom. The molecule has 0 unspecified atom stereocenters. The van der Waals surface area contributed by atoms with E-state index in [1.165, 1.54) is 22.4 Å². The van der Waals surface area contributed by atoms with Crippen molar-refractivity contribution in [2.24, 2.45) is 0 Å². The Balaban J connectivity index is 1.74. The fourth-order valence-electron chi connectivity index (χ4n) is 3.49. The Labute approximate surface area is 120 Å². The van der Waals surface area contributed by atoms with Crippen molar-refractivity contribution in [1.29, 1.82) is 0 Å². The Bertz CT molecular complexity index is 627. The molecule has 1 fully saturated rings. The fourth-order valence-corrected chi connectivity index (χ4v) is 3.49. The van der Waals surface area contributed by atoms with Gasteiger partial charge in [-0.2, -0.15) is 0 Å². The lowest BCUT2D eigenvalue weighted by atomic mass is 9.85. The third-order valence-corrected chi connectivity index (χ3v) is 4.57.